The lowest BCUT2D eigenvalue weighted by Crippen LogP contribution is -2.47. The van der Waals surface area contributed by atoms with Gasteiger partial charge in [0, 0.05) is 5.56 Å². The monoisotopic (exact) mass is 394 g/mol. The van der Waals surface area contributed by atoms with E-state index in [0.29, 0.717) is 17.7 Å². The summed E-state index contributed by atoms with van der Waals surface area (Å²) in [4.78, 5) is 47.3. The van der Waals surface area contributed by atoms with Crippen molar-refractivity contribution in [2.24, 2.45) is 5.92 Å². The van der Waals surface area contributed by atoms with Crippen LogP contribution in [-0.2, 0) is 23.9 Å². The first-order chi connectivity index (χ1) is 13.3. The van der Waals surface area contributed by atoms with Crippen molar-refractivity contribution >= 4 is 23.8 Å². The molecule has 2 amide bonds. The van der Waals surface area contributed by atoms with Gasteiger partial charge >= 0.3 is 11.9 Å². The van der Waals surface area contributed by atoms with Crippen LogP contribution in [0.2, 0.25) is 0 Å². The average Bonchev–Trinajstić information content (AvgIpc) is 2.73. The highest BCUT2D eigenvalue weighted by Gasteiger charge is 2.26. The Bertz CT molecular complexity index is 688. The third-order valence-corrected chi connectivity index (χ3v) is 4.09. The number of amides is 2. The van der Waals surface area contributed by atoms with Gasteiger partial charge in [0.2, 0.25) is 0 Å². The highest BCUT2D eigenvalue weighted by molar-refractivity contribution is 5.96. The van der Waals surface area contributed by atoms with Crippen molar-refractivity contribution in [2.75, 3.05) is 27.4 Å². The number of nitrogens with one attached hydrogen (secondary N) is 2. The minimum atomic E-state index is -0.823. The fourth-order valence-corrected chi connectivity index (χ4v) is 2.21. The highest BCUT2D eigenvalue weighted by Crippen LogP contribution is 2.11. The van der Waals surface area contributed by atoms with Crippen molar-refractivity contribution in [3.63, 3.8) is 0 Å². The van der Waals surface area contributed by atoms with Gasteiger partial charge in [-0.1, -0.05) is 20.3 Å². The Morgan fingerprint density at radius 2 is 1.71 bits per heavy atom. The van der Waals surface area contributed by atoms with Crippen LogP contribution in [0.1, 0.15) is 30.6 Å². The fraction of sp³-hybridized carbons (Fsp3) is 0.474. The Hall–Kier alpha value is -3.10. The number of carbonyl (C=O) groups is 4. The van der Waals surface area contributed by atoms with E-state index in [2.05, 4.69) is 15.4 Å². The molecule has 0 aliphatic heterocycles. The predicted octanol–water partition coefficient (Wildman–Crippen LogP) is 0.672. The van der Waals surface area contributed by atoms with Crippen LogP contribution >= 0.6 is 0 Å². The molecule has 0 saturated carbocycles. The molecule has 2 N–H and O–H groups in total. The second-order valence-corrected chi connectivity index (χ2v) is 6.03. The second kappa shape index (κ2) is 11.6. The lowest BCUT2D eigenvalue weighted by atomic mass is 9.99. The maximum absolute atomic E-state index is 12.0. The number of methoxy groups -OCH3 is 2. The lowest BCUT2D eigenvalue weighted by Gasteiger charge is -2.21. The first kappa shape index (κ1) is 22.9. The summed E-state index contributed by atoms with van der Waals surface area (Å²) in [6.45, 7) is 2.70. The van der Waals surface area contributed by atoms with E-state index in [1.165, 1.54) is 14.2 Å². The molecule has 0 heterocycles. The van der Waals surface area contributed by atoms with Gasteiger partial charge in [-0.05, 0) is 30.2 Å². The molecule has 0 bridgehead atoms. The summed E-state index contributed by atoms with van der Waals surface area (Å²) in [5, 5.41) is 4.88. The molecule has 2 atom stereocenters. The lowest BCUT2D eigenvalue weighted by molar-refractivity contribution is -0.150. The Morgan fingerprint density at radius 3 is 2.25 bits per heavy atom. The van der Waals surface area contributed by atoms with Gasteiger partial charge in [0.25, 0.3) is 11.8 Å². The van der Waals surface area contributed by atoms with Crippen molar-refractivity contribution in [2.45, 2.75) is 26.3 Å². The van der Waals surface area contributed by atoms with Crippen LogP contribution in [0.4, 0.5) is 0 Å². The molecular formula is C19H26N2O7. The first-order valence-corrected chi connectivity index (χ1v) is 8.77. The summed E-state index contributed by atoms with van der Waals surface area (Å²) >= 11 is 0. The topological polar surface area (TPSA) is 120 Å². The fourth-order valence-electron chi connectivity index (χ4n) is 2.21. The van der Waals surface area contributed by atoms with Gasteiger partial charge in [0.05, 0.1) is 14.2 Å². The molecule has 0 saturated heterocycles. The predicted molar refractivity (Wildman–Crippen MR) is 99.7 cm³/mol. The van der Waals surface area contributed by atoms with Gasteiger partial charge in [-0.15, -0.1) is 0 Å². The van der Waals surface area contributed by atoms with E-state index in [9.17, 15) is 19.2 Å². The molecule has 9 nitrogen and oxygen atoms in total. The van der Waals surface area contributed by atoms with E-state index in [0.717, 1.165) is 0 Å². The third-order valence-electron chi connectivity index (χ3n) is 4.09. The van der Waals surface area contributed by atoms with Crippen molar-refractivity contribution in [1.82, 2.24) is 10.6 Å². The average molecular weight is 394 g/mol. The Morgan fingerprint density at radius 1 is 1.07 bits per heavy atom. The van der Waals surface area contributed by atoms with Crippen molar-refractivity contribution in [3.05, 3.63) is 29.8 Å². The van der Waals surface area contributed by atoms with Crippen molar-refractivity contribution in [1.29, 1.82) is 0 Å². The SMILES string of the molecule is CC[C@@H](C)[C@@H](NC(=O)COC(=O)CNC(=O)c1ccc(OC)cc1)C(=O)OC. The molecule has 0 aliphatic carbocycles. The molecule has 0 spiro atoms. The summed E-state index contributed by atoms with van der Waals surface area (Å²) in [5.41, 5.74) is 0.348. The summed E-state index contributed by atoms with van der Waals surface area (Å²) < 4.78 is 14.5. The molecule has 9 heteroatoms. The Kier molecular flexibility index (Phi) is 9.49. The molecule has 0 aromatic heterocycles. The summed E-state index contributed by atoms with van der Waals surface area (Å²) in [6.07, 6.45) is 0.650. The van der Waals surface area contributed by atoms with E-state index in [-0.39, 0.29) is 5.92 Å². The molecule has 0 unspecified atom stereocenters. The number of esters is 2. The highest BCUT2D eigenvalue weighted by atomic mass is 16.5. The second-order valence-electron chi connectivity index (χ2n) is 6.03. The van der Waals surface area contributed by atoms with E-state index >= 15 is 0 Å². The summed E-state index contributed by atoms with van der Waals surface area (Å²) in [5.74, 6) is -1.99. The van der Waals surface area contributed by atoms with E-state index in [4.69, 9.17) is 9.47 Å². The van der Waals surface area contributed by atoms with Crippen LogP contribution in [-0.4, -0.2) is 57.2 Å². The van der Waals surface area contributed by atoms with Crippen LogP contribution in [0.3, 0.4) is 0 Å². The molecule has 0 radical (unpaired) electrons. The number of hydrogen-bond donors (Lipinski definition) is 2. The molecular weight excluding hydrogens is 368 g/mol. The molecule has 0 fully saturated rings. The van der Waals surface area contributed by atoms with Gasteiger partial charge in [-0.2, -0.15) is 0 Å². The normalized spacial score (nSPS) is 12.3. The van der Waals surface area contributed by atoms with Crippen molar-refractivity contribution in [3.8, 4) is 5.75 Å². The number of rotatable bonds is 10. The van der Waals surface area contributed by atoms with Crippen LogP contribution < -0.4 is 15.4 Å². The number of hydrogen-bond acceptors (Lipinski definition) is 7. The maximum atomic E-state index is 12.0. The van der Waals surface area contributed by atoms with Gasteiger partial charge in [-0.25, -0.2) is 4.79 Å². The van der Waals surface area contributed by atoms with Gasteiger partial charge in [0.15, 0.2) is 6.61 Å². The zero-order valence-electron chi connectivity index (χ0n) is 16.4. The third kappa shape index (κ3) is 7.26. The minimum Gasteiger partial charge on any atom is -0.497 e. The largest absolute Gasteiger partial charge is 0.497 e. The van der Waals surface area contributed by atoms with Gasteiger partial charge < -0.3 is 24.8 Å². The molecule has 1 aromatic carbocycles. The number of benzene rings is 1. The molecule has 1 aromatic rings. The van der Waals surface area contributed by atoms with E-state index < -0.39 is 42.9 Å². The zero-order valence-corrected chi connectivity index (χ0v) is 16.4. The van der Waals surface area contributed by atoms with Crippen molar-refractivity contribution < 1.29 is 33.4 Å². The van der Waals surface area contributed by atoms with Gasteiger partial charge in [-0.3, -0.25) is 14.4 Å². The van der Waals surface area contributed by atoms with Crippen LogP contribution in [0.25, 0.3) is 0 Å². The smallest absolute Gasteiger partial charge is 0.328 e. The Labute approximate surface area is 163 Å². The molecule has 0 aliphatic rings. The van der Waals surface area contributed by atoms with Crippen LogP contribution in [0.15, 0.2) is 24.3 Å². The van der Waals surface area contributed by atoms with Crippen LogP contribution in [0, 0.1) is 5.92 Å². The Balaban J connectivity index is 2.43. The van der Waals surface area contributed by atoms with E-state index in [1.807, 2.05) is 6.92 Å². The molecule has 1 rings (SSSR count). The van der Waals surface area contributed by atoms with Gasteiger partial charge in [0.1, 0.15) is 18.3 Å². The quantitative estimate of drug-likeness (QED) is 0.560. The first-order valence-electron chi connectivity index (χ1n) is 8.77. The number of carbonyl (C=O) groups excluding carboxylic acids is 4. The maximum Gasteiger partial charge on any atom is 0.328 e. The standard InChI is InChI=1S/C19H26N2O7/c1-5-12(2)17(19(25)27-4)21-15(22)11-28-16(23)10-20-18(24)13-6-8-14(26-3)9-7-13/h6-9,12,17H,5,10-11H2,1-4H3,(H,20,24)(H,21,22)/t12-,17-/m1/s1. The molecule has 154 valence electrons. The molecule has 28 heavy (non-hydrogen) atoms. The van der Waals surface area contributed by atoms with E-state index in [1.54, 1.807) is 31.2 Å². The van der Waals surface area contributed by atoms with Crippen LogP contribution in [0.5, 0.6) is 5.75 Å². The summed E-state index contributed by atoms with van der Waals surface area (Å²) in [6, 6.07) is 5.51. The summed E-state index contributed by atoms with van der Waals surface area (Å²) in [7, 11) is 2.74. The number of ether oxygens (including phenoxy) is 3. The zero-order chi connectivity index (χ0) is 21.1. The minimum absolute atomic E-state index is 0.143.